The number of aromatic nitrogens is 2. The molecule has 8 nitrogen and oxygen atoms in total. The number of carbonyl (C=O) groups is 1. The molecule has 1 atom stereocenters. The van der Waals surface area contributed by atoms with E-state index in [9.17, 15) is 13.2 Å². The first kappa shape index (κ1) is 18.5. The molecule has 0 saturated heterocycles. The number of imidazole rings is 1. The standard InChI is InChI=1S/C19H20N4O4S/c1-27-13-6-7-14-15(11-13)22-18(21-14)8-9-20-19(24)16-10-12-4-2-3-5-17(12)28(25,26)23-16/h2-7,11,16,23H,8-10H2,1H3,(H,20,24)(H,21,22)/t16-/m1/s1. The van der Waals surface area contributed by atoms with Gasteiger partial charge in [-0.05, 0) is 30.2 Å². The van der Waals surface area contributed by atoms with Crippen LogP contribution in [0.5, 0.6) is 5.75 Å². The van der Waals surface area contributed by atoms with Crippen LogP contribution < -0.4 is 14.8 Å². The van der Waals surface area contributed by atoms with Crippen molar-refractivity contribution in [1.82, 2.24) is 20.0 Å². The minimum Gasteiger partial charge on any atom is -0.497 e. The predicted octanol–water partition coefficient (Wildman–Crippen LogP) is 1.13. The molecule has 0 spiro atoms. The molecule has 0 bridgehead atoms. The van der Waals surface area contributed by atoms with Crippen LogP contribution in [0.2, 0.25) is 0 Å². The van der Waals surface area contributed by atoms with Gasteiger partial charge in [-0.25, -0.2) is 13.4 Å². The molecule has 1 aliphatic heterocycles. The number of nitrogens with one attached hydrogen (secondary N) is 3. The molecule has 3 N–H and O–H groups in total. The lowest BCUT2D eigenvalue weighted by Gasteiger charge is -2.25. The molecule has 0 radical (unpaired) electrons. The highest BCUT2D eigenvalue weighted by Gasteiger charge is 2.32. The lowest BCUT2D eigenvalue weighted by atomic mass is 10.1. The van der Waals surface area contributed by atoms with Gasteiger partial charge in [-0.3, -0.25) is 4.79 Å². The van der Waals surface area contributed by atoms with E-state index in [0.717, 1.165) is 22.6 Å². The normalized spacial score (nSPS) is 17.8. The Bertz CT molecular complexity index is 1140. The number of nitrogens with zero attached hydrogens (tertiary/aromatic N) is 1. The van der Waals surface area contributed by atoms with Crippen molar-refractivity contribution in [3.8, 4) is 5.75 Å². The van der Waals surface area contributed by atoms with Crippen LogP contribution in [0, 0.1) is 0 Å². The lowest BCUT2D eigenvalue weighted by molar-refractivity contribution is -0.122. The number of H-pyrrole nitrogens is 1. The third-order valence-electron chi connectivity index (χ3n) is 4.70. The van der Waals surface area contributed by atoms with Crippen LogP contribution in [0.25, 0.3) is 11.0 Å². The van der Waals surface area contributed by atoms with Crippen LogP contribution in [-0.4, -0.2) is 44.0 Å². The van der Waals surface area contributed by atoms with Crippen molar-refractivity contribution >= 4 is 27.0 Å². The van der Waals surface area contributed by atoms with Crippen molar-refractivity contribution in [3.05, 3.63) is 53.9 Å². The van der Waals surface area contributed by atoms with Crippen molar-refractivity contribution in [2.45, 2.75) is 23.8 Å². The van der Waals surface area contributed by atoms with E-state index in [0.29, 0.717) is 24.9 Å². The zero-order chi connectivity index (χ0) is 19.7. The van der Waals surface area contributed by atoms with E-state index >= 15 is 0 Å². The zero-order valence-electron chi connectivity index (χ0n) is 15.2. The molecular formula is C19H20N4O4S. The molecule has 9 heteroatoms. The maximum absolute atomic E-state index is 12.5. The van der Waals surface area contributed by atoms with Gasteiger partial charge in [-0.15, -0.1) is 0 Å². The quantitative estimate of drug-likeness (QED) is 0.594. The molecule has 0 saturated carbocycles. The smallest absolute Gasteiger partial charge is 0.241 e. The molecule has 28 heavy (non-hydrogen) atoms. The van der Waals surface area contributed by atoms with Crippen LogP contribution in [0.1, 0.15) is 11.4 Å². The molecule has 4 rings (SSSR count). The van der Waals surface area contributed by atoms with E-state index in [1.165, 1.54) is 0 Å². The van der Waals surface area contributed by atoms with E-state index in [1.54, 1.807) is 31.4 Å². The highest BCUT2D eigenvalue weighted by Crippen LogP contribution is 2.22. The maximum atomic E-state index is 12.5. The van der Waals surface area contributed by atoms with Gasteiger partial charge in [0.1, 0.15) is 17.6 Å². The van der Waals surface area contributed by atoms with E-state index in [2.05, 4.69) is 20.0 Å². The first-order valence-corrected chi connectivity index (χ1v) is 10.4. The summed E-state index contributed by atoms with van der Waals surface area (Å²) in [4.78, 5) is 20.4. The fraction of sp³-hybridized carbons (Fsp3) is 0.263. The Morgan fingerprint density at radius 2 is 2.11 bits per heavy atom. The first-order valence-electron chi connectivity index (χ1n) is 8.87. The van der Waals surface area contributed by atoms with Gasteiger partial charge in [-0.2, -0.15) is 4.72 Å². The summed E-state index contributed by atoms with van der Waals surface area (Å²) >= 11 is 0. The summed E-state index contributed by atoms with van der Waals surface area (Å²) in [6.07, 6.45) is 0.824. The van der Waals surface area contributed by atoms with Crippen molar-refractivity contribution in [3.63, 3.8) is 0 Å². The van der Waals surface area contributed by atoms with Crippen molar-refractivity contribution in [2.75, 3.05) is 13.7 Å². The SMILES string of the molecule is COc1ccc2nc(CCNC(=O)[C@H]3Cc4ccccc4S(=O)(=O)N3)[nH]c2c1. The van der Waals surface area contributed by atoms with Gasteiger partial charge in [0.05, 0.1) is 23.0 Å². The number of carbonyl (C=O) groups excluding carboxylic acids is 1. The number of hydrogen-bond donors (Lipinski definition) is 3. The summed E-state index contributed by atoms with van der Waals surface area (Å²) in [5.74, 6) is 1.12. The highest BCUT2D eigenvalue weighted by molar-refractivity contribution is 7.89. The average Bonchev–Trinajstić information content (AvgIpc) is 3.09. The monoisotopic (exact) mass is 400 g/mol. The number of amides is 1. The zero-order valence-corrected chi connectivity index (χ0v) is 16.0. The van der Waals surface area contributed by atoms with Gasteiger partial charge < -0.3 is 15.0 Å². The molecule has 0 unspecified atom stereocenters. The van der Waals surface area contributed by atoms with Gasteiger partial charge >= 0.3 is 0 Å². The lowest BCUT2D eigenvalue weighted by Crippen LogP contribution is -2.50. The number of aromatic amines is 1. The Morgan fingerprint density at radius 3 is 2.93 bits per heavy atom. The van der Waals surface area contributed by atoms with E-state index < -0.39 is 16.1 Å². The maximum Gasteiger partial charge on any atom is 0.241 e. The third kappa shape index (κ3) is 3.58. The third-order valence-corrected chi connectivity index (χ3v) is 6.27. The largest absolute Gasteiger partial charge is 0.497 e. The molecular weight excluding hydrogens is 380 g/mol. The topological polar surface area (TPSA) is 113 Å². The Labute approximate surface area is 162 Å². The van der Waals surface area contributed by atoms with Gasteiger partial charge in [0, 0.05) is 19.0 Å². The second-order valence-electron chi connectivity index (χ2n) is 6.59. The molecule has 0 aliphatic carbocycles. The highest BCUT2D eigenvalue weighted by atomic mass is 32.2. The Balaban J connectivity index is 1.39. The Morgan fingerprint density at radius 1 is 1.29 bits per heavy atom. The minimum absolute atomic E-state index is 0.233. The number of hydrogen-bond acceptors (Lipinski definition) is 5. The van der Waals surface area contributed by atoms with Gasteiger partial charge in [-0.1, -0.05) is 18.2 Å². The molecule has 1 amide bonds. The second-order valence-corrected chi connectivity index (χ2v) is 8.28. The molecule has 146 valence electrons. The summed E-state index contributed by atoms with van der Waals surface area (Å²) < 4.78 is 32.3. The number of rotatable bonds is 5. The van der Waals surface area contributed by atoms with E-state index in [-0.39, 0.29) is 10.8 Å². The Kier molecular flexibility index (Phi) is 4.78. The van der Waals surface area contributed by atoms with Crippen LogP contribution in [-0.2, 0) is 27.7 Å². The fourth-order valence-corrected chi connectivity index (χ4v) is 4.75. The first-order chi connectivity index (χ1) is 13.5. The average molecular weight is 400 g/mol. The van der Waals surface area contributed by atoms with Crippen molar-refractivity contribution in [1.29, 1.82) is 0 Å². The number of ether oxygens (including phenoxy) is 1. The van der Waals surface area contributed by atoms with Crippen LogP contribution in [0.15, 0.2) is 47.4 Å². The Hall–Kier alpha value is -2.91. The minimum atomic E-state index is -3.68. The van der Waals surface area contributed by atoms with Crippen LogP contribution >= 0.6 is 0 Å². The molecule has 1 aromatic heterocycles. The van der Waals surface area contributed by atoms with Crippen molar-refractivity contribution in [2.24, 2.45) is 0 Å². The summed E-state index contributed by atoms with van der Waals surface area (Å²) in [6.45, 7) is 0.343. The number of fused-ring (bicyclic) bond motifs is 2. The van der Waals surface area contributed by atoms with Gasteiger partial charge in [0.15, 0.2) is 0 Å². The number of methoxy groups -OCH3 is 1. The summed E-state index contributed by atoms with van der Waals surface area (Å²) in [5.41, 5.74) is 2.32. The summed E-state index contributed by atoms with van der Waals surface area (Å²) in [7, 11) is -2.08. The molecule has 1 aliphatic rings. The van der Waals surface area contributed by atoms with Crippen LogP contribution in [0.4, 0.5) is 0 Å². The van der Waals surface area contributed by atoms with Gasteiger partial charge in [0.2, 0.25) is 15.9 Å². The molecule has 0 fully saturated rings. The van der Waals surface area contributed by atoms with Crippen molar-refractivity contribution < 1.29 is 17.9 Å². The second kappa shape index (κ2) is 7.25. The molecule has 3 aromatic rings. The van der Waals surface area contributed by atoms with Gasteiger partial charge in [0.25, 0.3) is 0 Å². The molecule has 2 aromatic carbocycles. The van der Waals surface area contributed by atoms with E-state index in [1.807, 2.05) is 18.2 Å². The summed E-state index contributed by atoms with van der Waals surface area (Å²) in [6, 6.07) is 11.5. The van der Waals surface area contributed by atoms with Crippen LogP contribution in [0.3, 0.4) is 0 Å². The molecule has 2 heterocycles. The predicted molar refractivity (Wildman–Crippen MR) is 104 cm³/mol. The fourth-order valence-electron chi connectivity index (χ4n) is 3.31. The number of sulfonamides is 1. The summed E-state index contributed by atoms with van der Waals surface area (Å²) in [5, 5.41) is 2.79. The number of benzene rings is 2. The van der Waals surface area contributed by atoms with E-state index in [4.69, 9.17) is 4.74 Å².